The van der Waals surface area contributed by atoms with E-state index in [4.69, 9.17) is 14.2 Å². The first-order valence-corrected chi connectivity index (χ1v) is 20.5. The largest absolute Gasteiger partial charge is 0.462 e. The van der Waals surface area contributed by atoms with Gasteiger partial charge in [0.25, 0.3) is 0 Å². The minimum atomic E-state index is -0.755. The summed E-state index contributed by atoms with van der Waals surface area (Å²) in [6.45, 7) is 6.59. The van der Waals surface area contributed by atoms with Crippen LogP contribution in [0.2, 0.25) is 0 Å². The van der Waals surface area contributed by atoms with Gasteiger partial charge in [0, 0.05) is 19.3 Å². The molecule has 0 radical (unpaired) electrons. The molecule has 0 aromatic heterocycles. The number of esters is 3. The van der Waals surface area contributed by atoms with Crippen molar-refractivity contribution < 1.29 is 28.6 Å². The van der Waals surface area contributed by atoms with Gasteiger partial charge in [-0.05, 0) is 19.3 Å². The quantitative estimate of drug-likeness (QED) is 0.0373. The van der Waals surface area contributed by atoms with Gasteiger partial charge in [0.15, 0.2) is 6.10 Å². The van der Waals surface area contributed by atoms with E-state index in [-0.39, 0.29) is 31.1 Å². The Bertz CT molecular complexity index is 693. The van der Waals surface area contributed by atoms with Crippen LogP contribution in [0.15, 0.2) is 0 Å². The summed E-state index contributed by atoms with van der Waals surface area (Å²) in [7, 11) is 0. The molecule has 0 aliphatic rings. The van der Waals surface area contributed by atoms with Gasteiger partial charge in [0.1, 0.15) is 13.2 Å². The average molecular weight is 667 g/mol. The summed E-state index contributed by atoms with van der Waals surface area (Å²) in [5.74, 6) is -0.865. The molecule has 278 valence electrons. The lowest BCUT2D eigenvalue weighted by Crippen LogP contribution is -2.30. The molecule has 6 nitrogen and oxygen atoms in total. The highest BCUT2D eigenvalue weighted by molar-refractivity contribution is 5.71. The standard InChI is InChI=1S/C41H78O6/c1-4-7-10-13-16-19-21-23-25-28-31-34-40(43)46-37-38(36-45-39(42)33-30-27-24-18-15-12-9-6-3)47-41(44)35-32-29-26-22-20-17-14-11-8-5-2/h38H,4-37H2,1-3H3. The van der Waals surface area contributed by atoms with Gasteiger partial charge in [0.2, 0.25) is 0 Å². The molecule has 0 aliphatic carbocycles. The molecule has 0 saturated carbocycles. The van der Waals surface area contributed by atoms with Crippen LogP contribution < -0.4 is 0 Å². The zero-order valence-corrected chi connectivity index (χ0v) is 31.6. The molecule has 0 fully saturated rings. The number of unbranched alkanes of at least 4 members (excludes halogenated alkanes) is 26. The van der Waals surface area contributed by atoms with Crippen molar-refractivity contribution in [3.63, 3.8) is 0 Å². The van der Waals surface area contributed by atoms with Crippen molar-refractivity contribution in [3.05, 3.63) is 0 Å². The Labute approximate surface area is 291 Å². The molecule has 1 unspecified atom stereocenters. The van der Waals surface area contributed by atoms with Crippen LogP contribution in [0.1, 0.15) is 226 Å². The third kappa shape index (κ3) is 35.5. The maximum atomic E-state index is 12.6. The monoisotopic (exact) mass is 667 g/mol. The van der Waals surface area contributed by atoms with Gasteiger partial charge in [0.05, 0.1) is 0 Å². The fourth-order valence-electron chi connectivity index (χ4n) is 5.97. The number of hydrogen-bond acceptors (Lipinski definition) is 6. The maximum absolute atomic E-state index is 12.6. The maximum Gasteiger partial charge on any atom is 0.306 e. The molecule has 47 heavy (non-hydrogen) atoms. The van der Waals surface area contributed by atoms with E-state index in [9.17, 15) is 14.4 Å². The predicted octanol–water partition coefficient (Wildman–Crippen LogP) is 12.5. The van der Waals surface area contributed by atoms with E-state index >= 15 is 0 Å². The summed E-state index contributed by atoms with van der Waals surface area (Å²) in [4.78, 5) is 37.4. The number of carbonyl (C=O) groups excluding carboxylic acids is 3. The zero-order chi connectivity index (χ0) is 34.5. The molecule has 0 saturated heterocycles. The lowest BCUT2D eigenvalue weighted by Gasteiger charge is -2.18. The average Bonchev–Trinajstić information content (AvgIpc) is 3.06. The molecule has 0 amide bonds. The molecule has 0 aromatic rings. The first-order chi connectivity index (χ1) is 23.0. The number of hydrogen-bond donors (Lipinski definition) is 0. The van der Waals surface area contributed by atoms with Crippen LogP contribution in [-0.4, -0.2) is 37.2 Å². The fraction of sp³-hybridized carbons (Fsp3) is 0.927. The van der Waals surface area contributed by atoms with Gasteiger partial charge in [-0.25, -0.2) is 0 Å². The van der Waals surface area contributed by atoms with Crippen LogP contribution in [0.25, 0.3) is 0 Å². The molecule has 6 heteroatoms. The normalized spacial score (nSPS) is 11.8. The van der Waals surface area contributed by atoms with E-state index in [1.165, 1.54) is 128 Å². The van der Waals surface area contributed by atoms with Gasteiger partial charge < -0.3 is 14.2 Å². The van der Waals surface area contributed by atoms with Crippen molar-refractivity contribution >= 4 is 17.9 Å². The van der Waals surface area contributed by atoms with E-state index in [0.29, 0.717) is 19.3 Å². The van der Waals surface area contributed by atoms with Gasteiger partial charge in [-0.15, -0.1) is 0 Å². The van der Waals surface area contributed by atoms with E-state index in [1.807, 2.05) is 0 Å². The molecular formula is C41H78O6. The summed E-state index contributed by atoms with van der Waals surface area (Å²) in [6.07, 6.45) is 35.1. The Kier molecular flexibility index (Phi) is 36.0. The van der Waals surface area contributed by atoms with E-state index in [1.54, 1.807) is 0 Å². The SMILES string of the molecule is CCCCCCCCCCCCCC(=O)OCC(COC(=O)CCCCCCCCCC)OC(=O)CCCCCCCCCCCC. The van der Waals surface area contributed by atoms with Crippen molar-refractivity contribution in [1.29, 1.82) is 0 Å². The fourth-order valence-corrected chi connectivity index (χ4v) is 5.97. The number of carbonyl (C=O) groups is 3. The number of rotatable bonds is 37. The summed E-state index contributed by atoms with van der Waals surface area (Å²) >= 11 is 0. The van der Waals surface area contributed by atoms with Crippen LogP contribution >= 0.6 is 0 Å². The van der Waals surface area contributed by atoms with Crippen molar-refractivity contribution in [1.82, 2.24) is 0 Å². The van der Waals surface area contributed by atoms with E-state index in [0.717, 1.165) is 57.8 Å². The molecular weight excluding hydrogens is 588 g/mol. The van der Waals surface area contributed by atoms with Crippen LogP contribution in [0.5, 0.6) is 0 Å². The lowest BCUT2D eigenvalue weighted by atomic mass is 10.1. The molecule has 0 aliphatic heterocycles. The minimum absolute atomic E-state index is 0.0638. The van der Waals surface area contributed by atoms with E-state index in [2.05, 4.69) is 20.8 Å². The zero-order valence-electron chi connectivity index (χ0n) is 31.6. The van der Waals surface area contributed by atoms with Crippen LogP contribution in [0, 0.1) is 0 Å². The lowest BCUT2D eigenvalue weighted by molar-refractivity contribution is -0.167. The molecule has 0 rings (SSSR count). The second-order valence-corrected chi connectivity index (χ2v) is 13.9. The first-order valence-electron chi connectivity index (χ1n) is 20.5. The Hall–Kier alpha value is -1.59. The van der Waals surface area contributed by atoms with E-state index < -0.39 is 6.10 Å². The third-order valence-electron chi connectivity index (χ3n) is 9.11. The van der Waals surface area contributed by atoms with Crippen molar-refractivity contribution in [3.8, 4) is 0 Å². The van der Waals surface area contributed by atoms with Gasteiger partial charge in [-0.3, -0.25) is 14.4 Å². The highest BCUT2D eigenvalue weighted by Crippen LogP contribution is 2.15. The highest BCUT2D eigenvalue weighted by atomic mass is 16.6. The third-order valence-corrected chi connectivity index (χ3v) is 9.11. The first kappa shape index (κ1) is 45.4. The van der Waals surface area contributed by atoms with Crippen molar-refractivity contribution in [2.45, 2.75) is 232 Å². The Morgan fingerprint density at radius 3 is 0.851 bits per heavy atom. The second kappa shape index (κ2) is 37.2. The predicted molar refractivity (Wildman–Crippen MR) is 197 cm³/mol. The van der Waals surface area contributed by atoms with Gasteiger partial charge in [-0.2, -0.15) is 0 Å². The smallest absolute Gasteiger partial charge is 0.306 e. The van der Waals surface area contributed by atoms with Crippen molar-refractivity contribution in [2.24, 2.45) is 0 Å². The Morgan fingerprint density at radius 2 is 0.574 bits per heavy atom. The minimum Gasteiger partial charge on any atom is -0.462 e. The Balaban J connectivity index is 4.32. The molecule has 0 bridgehead atoms. The Morgan fingerprint density at radius 1 is 0.340 bits per heavy atom. The summed E-state index contributed by atoms with van der Waals surface area (Å²) in [6, 6.07) is 0. The molecule has 0 aromatic carbocycles. The molecule has 0 spiro atoms. The summed E-state index contributed by atoms with van der Waals surface area (Å²) < 4.78 is 16.6. The summed E-state index contributed by atoms with van der Waals surface area (Å²) in [5.41, 5.74) is 0. The van der Waals surface area contributed by atoms with Crippen LogP contribution in [0.3, 0.4) is 0 Å². The molecule has 0 N–H and O–H groups in total. The molecule has 1 atom stereocenters. The highest BCUT2D eigenvalue weighted by Gasteiger charge is 2.19. The molecule has 0 heterocycles. The second-order valence-electron chi connectivity index (χ2n) is 13.9. The van der Waals surface area contributed by atoms with Gasteiger partial charge in [-0.1, -0.05) is 188 Å². The van der Waals surface area contributed by atoms with Crippen LogP contribution in [0.4, 0.5) is 0 Å². The van der Waals surface area contributed by atoms with Crippen LogP contribution in [-0.2, 0) is 28.6 Å². The topological polar surface area (TPSA) is 78.9 Å². The van der Waals surface area contributed by atoms with Gasteiger partial charge >= 0.3 is 17.9 Å². The summed E-state index contributed by atoms with van der Waals surface area (Å²) in [5, 5.41) is 0. The van der Waals surface area contributed by atoms with Crippen molar-refractivity contribution in [2.75, 3.05) is 13.2 Å². The number of ether oxygens (including phenoxy) is 3.